The summed E-state index contributed by atoms with van der Waals surface area (Å²) >= 11 is 12.0. The number of nitrogens with zero attached hydrogens (tertiary/aromatic N) is 4. The third-order valence-corrected chi connectivity index (χ3v) is 5.51. The van der Waals surface area contributed by atoms with Crippen LogP contribution in [0, 0.1) is 0 Å². The maximum atomic E-state index is 12.6. The van der Waals surface area contributed by atoms with Crippen molar-refractivity contribution < 1.29 is 9.59 Å². The first-order valence-corrected chi connectivity index (χ1v) is 9.91. The smallest absolute Gasteiger partial charge is 0.274 e. The molecule has 0 spiro atoms. The lowest BCUT2D eigenvalue weighted by molar-refractivity contribution is -0.132. The minimum absolute atomic E-state index is 0.188. The first kappa shape index (κ1) is 19.4. The van der Waals surface area contributed by atoms with Gasteiger partial charge in [0.2, 0.25) is 5.91 Å². The Hall–Kier alpha value is -1.37. The predicted molar refractivity (Wildman–Crippen MR) is 102 cm³/mol. The average Bonchev–Trinajstić information content (AvgIpc) is 2.93. The zero-order chi connectivity index (χ0) is 18.5. The molecule has 2 saturated heterocycles. The minimum atomic E-state index is -0.212. The fraction of sp³-hybridized carbons (Fsp3) is 0.611. The van der Waals surface area contributed by atoms with Crippen LogP contribution in [0.15, 0.2) is 12.1 Å². The second kappa shape index (κ2) is 9.02. The highest BCUT2D eigenvalue weighted by atomic mass is 35.5. The van der Waals surface area contributed by atoms with Gasteiger partial charge in [0, 0.05) is 39.3 Å². The van der Waals surface area contributed by atoms with Crippen molar-refractivity contribution in [1.29, 1.82) is 0 Å². The number of carbonyl (C=O) groups excluding carboxylic acids is 2. The van der Waals surface area contributed by atoms with E-state index in [9.17, 15) is 9.59 Å². The number of piperazine rings is 1. The van der Waals surface area contributed by atoms with Crippen LogP contribution in [-0.2, 0) is 4.79 Å². The molecule has 0 saturated carbocycles. The molecule has 2 aliphatic heterocycles. The lowest BCUT2D eigenvalue weighted by atomic mass is 10.2. The number of hydrogen-bond donors (Lipinski definition) is 0. The number of aromatic nitrogens is 1. The summed E-state index contributed by atoms with van der Waals surface area (Å²) in [6, 6.07) is 3.15. The van der Waals surface area contributed by atoms with Crippen molar-refractivity contribution in [2.75, 3.05) is 45.8 Å². The van der Waals surface area contributed by atoms with Crippen LogP contribution in [-0.4, -0.2) is 77.3 Å². The van der Waals surface area contributed by atoms with Gasteiger partial charge in [-0.25, -0.2) is 4.98 Å². The first-order chi connectivity index (χ1) is 12.5. The third kappa shape index (κ3) is 4.87. The van der Waals surface area contributed by atoms with E-state index in [-0.39, 0.29) is 22.7 Å². The van der Waals surface area contributed by atoms with E-state index in [2.05, 4.69) is 9.88 Å². The molecule has 2 aliphatic rings. The summed E-state index contributed by atoms with van der Waals surface area (Å²) in [7, 11) is 0. The molecule has 0 atom stereocenters. The molecule has 0 bridgehead atoms. The van der Waals surface area contributed by atoms with Gasteiger partial charge in [-0.1, -0.05) is 36.0 Å². The van der Waals surface area contributed by atoms with Gasteiger partial charge in [0.05, 0.1) is 11.6 Å². The second-order valence-electron chi connectivity index (χ2n) is 6.83. The number of halogens is 2. The van der Waals surface area contributed by atoms with Crippen LogP contribution in [0.25, 0.3) is 0 Å². The molecule has 0 radical (unpaired) electrons. The first-order valence-electron chi connectivity index (χ1n) is 9.16. The largest absolute Gasteiger partial charge is 0.342 e. The van der Waals surface area contributed by atoms with Gasteiger partial charge in [-0.05, 0) is 25.0 Å². The van der Waals surface area contributed by atoms with E-state index in [1.54, 1.807) is 17.0 Å². The number of likely N-dealkylation sites (tertiary alicyclic amines) is 1. The summed E-state index contributed by atoms with van der Waals surface area (Å²) in [5, 5.41) is 0.553. The molecule has 0 aliphatic carbocycles. The lowest BCUT2D eigenvalue weighted by Crippen LogP contribution is -2.51. The van der Waals surface area contributed by atoms with Crippen molar-refractivity contribution >= 4 is 35.0 Å². The molecule has 1 aromatic heterocycles. The van der Waals surface area contributed by atoms with E-state index in [4.69, 9.17) is 23.2 Å². The number of rotatable bonds is 3. The normalized spacial score (nSPS) is 19.3. The van der Waals surface area contributed by atoms with Crippen LogP contribution in [0.2, 0.25) is 10.2 Å². The summed E-state index contributed by atoms with van der Waals surface area (Å²) in [5.74, 6) is -0.0118. The Morgan fingerprint density at radius 1 is 0.885 bits per heavy atom. The summed E-state index contributed by atoms with van der Waals surface area (Å²) in [4.78, 5) is 35.0. The highest BCUT2D eigenvalue weighted by molar-refractivity contribution is 6.34. The van der Waals surface area contributed by atoms with Gasteiger partial charge in [-0.3, -0.25) is 14.5 Å². The maximum absolute atomic E-state index is 12.6. The molecule has 0 unspecified atom stereocenters. The van der Waals surface area contributed by atoms with Crippen LogP contribution in [0.1, 0.15) is 36.2 Å². The van der Waals surface area contributed by atoms with E-state index in [1.807, 2.05) is 4.90 Å². The number of hydrogen-bond acceptors (Lipinski definition) is 4. The Morgan fingerprint density at radius 3 is 2.19 bits per heavy atom. The van der Waals surface area contributed by atoms with Crippen LogP contribution in [0.3, 0.4) is 0 Å². The highest BCUT2D eigenvalue weighted by Crippen LogP contribution is 2.19. The molecule has 26 heavy (non-hydrogen) atoms. The molecule has 3 heterocycles. The average molecular weight is 399 g/mol. The third-order valence-electron chi connectivity index (χ3n) is 4.99. The van der Waals surface area contributed by atoms with Gasteiger partial charge in [0.15, 0.2) is 0 Å². The van der Waals surface area contributed by atoms with E-state index < -0.39 is 0 Å². The van der Waals surface area contributed by atoms with Crippen molar-refractivity contribution in [2.45, 2.75) is 25.7 Å². The van der Waals surface area contributed by atoms with Crippen molar-refractivity contribution in [2.24, 2.45) is 0 Å². The molecule has 8 heteroatoms. The van der Waals surface area contributed by atoms with Crippen molar-refractivity contribution in [3.8, 4) is 0 Å². The number of pyridine rings is 1. The maximum Gasteiger partial charge on any atom is 0.274 e. The quantitative estimate of drug-likeness (QED) is 0.734. The van der Waals surface area contributed by atoms with Gasteiger partial charge in [0.1, 0.15) is 10.8 Å². The zero-order valence-corrected chi connectivity index (χ0v) is 16.3. The Labute approximate surface area is 164 Å². The van der Waals surface area contributed by atoms with Crippen LogP contribution in [0.4, 0.5) is 0 Å². The summed E-state index contributed by atoms with van der Waals surface area (Å²) in [6.07, 6.45) is 4.62. The predicted octanol–water partition coefficient (Wildman–Crippen LogP) is 2.55. The van der Waals surface area contributed by atoms with Crippen molar-refractivity contribution in [3.05, 3.63) is 28.0 Å². The Bertz CT molecular complexity index is 655. The molecule has 0 aromatic carbocycles. The Kier molecular flexibility index (Phi) is 6.73. The zero-order valence-electron chi connectivity index (χ0n) is 14.8. The van der Waals surface area contributed by atoms with Gasteiger partial charge < -0.3 is 9.80 Å². The SMILES string of the molecule is O=C(CN1CCN(C(=O)c2nc(Cl)ccc2Cl)CC1)N1CCCCCC1. The number of carbonyl (C=O) groups is 2. The summed E-state index contributed by atoms with van der Waals surface area (Å²) in [6.45, 7) is 4.62. The van der Waals surface area contributed by atoms with Crippen LogP contribution < -0.4 is 0 Å². The van der Waals surface area contributed by atoms with E-state index in [1.165, 1.54) is 12.8 Å². The lowest BCUT2D eigenvalue weighted by Gasteiger charge is -2.35. The fourth-order valence-electron chi connectivity index (χ4n) is 3.44. The fourth-order valence-corrected chi connectivity index (χ4v) is 3.77. The van der Waals surface area contributed by atoms with Crippen molar-refractivity contribution in [3.63, 3.8) is 0 Å². The molecule has 3 rings (SSSR count). The van der Waals surface area contributed by atoms with E-state index in [0.29, 0.717) is 37.7 Å². The van der Waals surface area contributed by atoms with E-state index in [0.717, 1.165) is 25.9 Å². The highest BCUT2D eigenvalue weighted by Gasteiger charge is 2.26. The minimum Gasteiger partial charge on any atom is -0.342 e. The molecular formula is C18H24Cl2N4O2. The molecule has 142 valence electrons. The topological polar surface area (TPSA) is 56.8 Å². The molecule has 1 aromatic rings. The van der Waals surface area contributed by atoms with Gasteiger partial charge in [-0.15, -0.1) is 0 Å². The van der Waals surface area contributed by atoms with Gasteiger partial charge >= 0.3 is 0 Å². The van der Waals surface area contributed by atoms with E-state index >= 15 is 0 Å². The van der Waals surface area contributed by atoms with Crippen LogP contribution >= 0.6 is 23.2 Å². The molecule has 2 fully saturated rings. The van der Waals surface area contributed by atoms with Gasteiger partial charge in [-0.2, -0.15) is 0 Å². The standard InChI is InChI=1S/C18H24Cl2N4O2/c19-14-5-6-15(20)21-17(14)18(26)24-11-9-22(10-12-24)13-16(25)23-7-3-1-2-4-8-23/h5-6H,1-4,7-13H2. The summed E-state index contributed by atoms with van der Waals surface area (Å²) in [5.41, 5.74) is 0.188. The molecular weight excluding hydrogens is 375 g/mol. The summed E-state index contributed by atoms with van der Waals surface area (Å²) < 4.78 is 0. The van der Waals surface area contributed by atoms with Crippen molar-refractivity contribution in [1.82, 2.24) is 19.7 Å². The van der Waals surface area contributed by atoms with Gasteiger partial charge in [0.25, 0.3) is 5.91 Å². The molecule has 2 amide bonds. The second-order valence-corrected chi connectivity index (χ2v) is 7.62. The Morgan fingerprint density at radius 2 is 1.54 bits per heavy atom. The molecule has 0 N–H and O–H groups in total. The molecule has 6 nitrogen and oxygen atoms in total. The monoisotopic (exact) mass is 398 g/mol. The Balaban J connectivity index is 1.51. The van der Waals surface area contributed by atoms with Crippen LogP contribution in [0.5, 0.6) is 0 Å². The number of amides is 2.